The quantitative estimate of drug-likeness (QED) is 0.917. The molecule has 2 atom stereocenters. The monoisotopic (exact) mass is 320 g/mol. The van der Waals surface area contributed by atoms with E-state index in [0.29, 0.717) is 6.61 Å². The van der Waals surface area contributed by atoms with Crippen molar-refractivity contribution < 1.29 is 4.74 Å². The molecule has 4 heteroatoms. The number of hydrogen-bond acceptors (Lipinski definition) is 3. The fourth-order valence-electron chi connectivity index (χ4n) is 1.86. The smallest absolute Gasteiger partial charge is 0.0992 e. The summed E-state index contributed by atoms with van der Waals surface area (Å²) in [4.78, 5) is 4.11. The number of nitrogens with two attached hydrogens (primary N) is 1. The number of rotatable bonds is 5. The Balaban J connectivity index is 2.04. The lowest BCUT2D eigenvalue weighted by Crippen LogP contribution is -2.27. The largest absolute Gasteiger partial charge is 0.367 e. The summed E-state index contributed by atoms with van der Waals surface area (Å²) in [5.74, 6) is 0. The molecule has 0 saturated carbocycles. The first kappa shape index (κ1) is 14.2. The predicted octanol–water partition coefficient (Wildman–Crippen LogP) is 3.45. The molecule has 1 heterocycles. The van der Waals surface area contributed by atoms with Gasteiger partial charge in [-0.1, -0.05) is 34.1 Å². The zero-order valence-electron chi connectivity index (χ0n) is 10.8. The molecule has 0 aliphatic carbocycles. The summed E-state index contributed by atoms with van der Waals surface area (Å²) in [6.07, 6.45) is 3.41. The van der Waals surface area contributed by atoms with Gasteiger partial charge in [0.05, 0.1) is 12.7 Å². The molecule has 2 rings (SSSR count). The van der Waals surface area contributed by atoms with Crippen molar-refractivity contribution in [2.24, 2.45) is 5.73 Å². The molecule has 2 aromatic rings. The highest BCUT2D eigenvalue weighted by atomic mass is 79.9. The van der Waals surface area contributed by atoms with Crippen LogP contribution in [0.2, 0.25) is 0 Å². The van der Waals surface area contributed by atoms with Gasteiger partial charge in [-0.3, -0.25) is 4.98 Å². The van der Waals surface area contributed by atoms with Crippen molar-refractivity contribution in [3.05, 3.63) is 64.4 Å². The van der Waals surface area contributed by atoms with Crippen LogP contribution in [-0.2, 0) is 11.3 Å². The average molecular weight is 321 g/mol. The third-order valence-electron chi connectivity index (χ3n) is 2.83. The van der Waals surface area contributed by atoms with Crippen LogP contribution in [0.5, 0.6) is 0 Å². The van der Waals surface area contributed by atoms with Gasteiger partial charge in [-0.05, 0) is 30.7 Å². The minimum Gasteiger partial charge on any atom is -0.367 e. The summed E-state index contributed by atoms with van der Waals surface area (Å²) in [5.41, 5.74) is 8.13. The Morgan fingerprint density at radius 1 is 1.26 bits per heavy atom. The molecular weight excluding hydrogens is 304 g/mol. The Labute approximate surface area is 121 Å². The summed E-state index contributed by atoms with van der Waals surface area (Å²) in [6, 6.07) is 11.9. The number of benzene rings is 1. The summed E-state index contributed by atoms with van der Waals surface area (Å²) in [7, 11) is 0. The van der Waals surface area contributed by atoms with Crippen molar-refractivity contribution in [3.63, 3.8) is 0 Å². The average Bonchev–Trinajstić information content (AvgIpc) is 2.42. The molecule has 0 radical (unpaired) electrons. The van der Waals surface area contributed by atoms with Crippen molar-refractivity contribution in [2.45, 2.75) is 25.7 Å². The number of halogens is 1. The molecule has 0 aliphatic heterocycles. The molecule has 0 saturated heterocycles. The maximum Gasteiger partial charge on any atom is 0.0992 e. The molecule has 2 N–H and O–H groups in total. The van der Waals surface area contributed by atoms with Crippen LogP contribution in [0.1, 0.15) is 24.2 Å². The van der Waals surface area contributed by atoms with Crippen molar-refractivity contribution in [2.75, 3.05) is 0 Å². The Hall–Kier alpha value is -1.23. The number of pyridine rings is 1. The third kappa shape index (κ3) is 4.13. The van der Waals surface area contributed by atoms with Crippen molar-refractivity contribution in [1.29, 1.82) is 0 Å². The molecule has 1 aromatic carbocycles. The lowest BCUT2D eigenvalue weighted by atomic mass is 10.1. The molecule has 1 aromatic heterocycles. The van der Waals surface area contributed by atoms with E-state index in [4.69, 9.17) is 10.5 Å². The first-order chi connectivity index (χ1) is 9.16. The summed E-state index contributed by atoms with van der Waals surface area (Å²) in [6.45, 7) is 2.48. The molecule has 100 valence electrons. The van der Waals surface area contributed by atoms with E-state index >= 15 is 0 Å². The normalized spacial score (nSPS) is 14.1. The molecule has 0 aliphatic rings. The second kappa shape index (κ2) is 6.80. The second-order valence-electron chi connectivity index (χ2n) is 4.50. The van der Waals surface area contributed by atoms with Crippen LogP contribution >= 0.6 is 15.9 Å². The summed E-state index contributed by atoms with van der Waals surface area (Å²) >= 11 is 3.42. The van der Waals surface area contributed by atoms with Crippen LogP contribution in [0.3, 0.4) is 0 Å². The van der Waals surface area contributed by atoms with Crippen molar-refractivity contribution >= 4 is 15.9 Å². The van der Waals surface area contributed by atoms with Gasteiger partial charge >= 0.3 is 0 Å². The topological polar surface area (TPSA) is 48.1 Å². The number of nitrogens with zero attached hydrogens (tertiary/aromatic N) is 1. The van der Waals surface area contributed by atoms with Crippen molar-refractivity contribution in [3.8, 4) is 0 Å². The van der Waals surface area contributed by atoms with Crippen LogP contribution in [0.25, 0.3) is 0 Å². The number of hydrogen-bond donors (Lipinski definition) is 1. The van der Waals surface area contributed by atoms with Gasteiger partial charge in [-0.15, -0.1) is 0 Å². The van der Waals surface area contributed by atoms with Gasteiger partial charge < -0.3 is 10.5 Å². The van der Waals surface area contributed by atoms with Gasteiger partial charge in [-0.2, -0.15) is 0 Å². The van der Waals surface area contributed by atoms with Crippen LogP contribution in [0.4, 0.5) is 0 Å². The van der Waals surface area contributed by atoms with Gasteiger partial charge in [0.2, 0.25) is 0 Å². The highest BCUT2D eigenvalue weighted by Crippen LogP contribution is 2.21. The molecular formula is C15H17BrN2O. The zero-order chi connectivity index (χ0) is 13.7. The Morgan fingerprint density at radius 2 is 2.00 bits per heavy atom. The van der Waals surface area contributed by atoms with Gasteiger partial charge in [0.1, 0.15) is 0 Å². The molecule has 0 spiro atoms. The van der Waals surface area contributed by atoms with Crippen LogP contribution in [0.15, 0.2) is 53.3 Å². The molecule has 2 unspecified atom stereocenters. The van der Waals surface area contributed by atoms with E-state index in [2.05, 4.69) is 20.9 Å². The fourth-order valence-corrected chi connectivity index (χ4v) is 2.13. The summed E-state index contributed by atoms with van der Waals surface area (Å²) in [5, 5.41) is 0. The minimum absolute atomic E-state index is 0.0837. The first-order valence-electron chi connectivity index (χ1n) is 6.18. The fraction of sp³-hybridized carbons (Fsp3) is 0.267. The van der Waals surface area contributed by atoms with Gasteiger partial charge in [0.15, 0.2) is 0 Å². The molecule has 0 amide bonds. The van der Waals surface area contributed by atoms with Crippen molar-refractivity contribution in [1.82, 2.24) is 4.98 Å². The standard InChI is InChI=1S/C15H17BrN2O/c1-11(17)15(13-3-2-8-18-9-13)19-10-12-4-6-14(16)7-5-12/h2-9,11,15H,10,17H2,1H3. The Bertz CT molecular complexity index is 499. The minimum atomic E-state index is -0.141. The van der Waals surface area contributed by atoms with E-state index in [1.54, 1.807) is 12.4 Å². The highest BCUT2D eigenvalue weighted by molar-refractivity contribution is 9.10. The number of aromatic nitrogens is 1. The molecule has 0 fully saturated rings. The molecule has 19 heavy (non-hydrogen) atoms. The lowest BCUT2D eigenvalue weighted by Gasteiger charge is -2.21. The first-order valence-corrected chi connectivity index (χ1v) is 6.97. The predicted molar refractivity (Wildman–Crippen MR) is 79.6 cm³/mol. The maximum absolute atomic E-state index is 6.00. The third-order valence-corrected chi connectivity index (χ3v) is 3.36. The Morgan fingerprint density at radius 3 is 2.58 bits per heavy atom. The van der Waals surface area contributed by atoms with E-state index in [-0.39, 0.29) is 12.1 Å². The highest BCUT2D eigenvalue weighted by Gasteiger charge is 2.17. The van der Waals surface area contributed by atoms with Gasteiger partial charge in [-0.25, -0.2) is 0 Å². The summed E-state index contributed by atoms with van der Waals surface area (Å²) < 4.78 is 7.00. The molecule has 0 bridgehead atoms. The van der Waals surface area contributed by atoms with Crippen LogP contribution in [0, 0.1) is 0 Å². The van der Waals surface area contributed by atoms with Gasteiger partial charge in [0.25, 0.3) is 0 Å². The zero-order valence-corrected chi connectivity index (χ0v) is 12.4. The van der Waals surface area contributed by atoms with Crippen LogP contribution in [-0.4, -0.2) is 11.0 Å². The lowest BCUT2D eigenvalue weighted by molar-refractivity contribution is 0.0257. The number of ether oxygens (including phenoxy) is 1. The van der Waals surface area contributed by atoms with E-state index < -0.39 is 0 Å². The SMILES string of the molecule is CC(N)C(OCc1ccc(Br)cc1)c1cccnc1. The second-order valence-corrected chi connectivity index (χ2v) is 5.42. The van der Waals surface area contributed by atoms with E-state index in [1.165, 1.54) is 0 Å². The maximum atomic E-state index is 6.00. The van der Waals surface area contributed by atoms with E-state index in [9.17, 15) is 0 Å². The van der Waals surface area contributed by atoms with E-state index in [0.717, 1.165) is 15.6 Å². The van der Waals surface area contributed by atoms with Crippen LogP contribution < -0.4 is 5.73 Å². The molecule has 3 nitrogen and oxygen atoms in total. The van der Waals surface area contributed by atoms with E-state index in [1.807, 2.05) is 43.3 Å². The van der Waals surface area contributed by atoms with Gasteiger partial charge in [0, 0.05) is 28.5 Å². The Kier molecular flexibility index (Phi) is 5.07.